The Morgan fingerprint density at radius 1 is 1.45 bits per heavy atom. The molecule has 7 heteroatoms. The van der Waals surface area contributed by atoms with E-state index in [0.29, 0.717) is 6.61 Å². The van der Waals surface area contributed by atoms with Crippen LogP contribution in [0.4, 0.5) is 0 Å². The quantitative estimate of drug-likeness (QED) is 0.827. The largest absolute Gasteiger partial charge is 0.378 e. The molecule has 2 aliphatic carbocycles. The van der Waals surface area contributed by atoms with Gasteiger partial charge in [-0.25, -0.2) is 8.42 Å². The zero-order valence-electron chi connectivity index (χ0n) is 13.5. The summed E-state index contributed by atoms with van der Waals surface area (Å²) in [4.78, 5) is 0.269. The van der Waals surface area contributed by atoms with Crippen molar-refractivity contribution in [2.75, 3.05) is 13.7 Å². The van der Waals surface area contributed by atoms with E-state index in [2.05, 4.69) is 5.10 Å². The van der Waals surface area contributed by atoms with Gasteiger partial charge in [-0.05, 0) is 26.2 Å². The summed E-state index contributed by atoms with van der Waals surface area (Å²) in [5.74, 6) is 0. The molecule has 124 valence electrons. The van der Waals surface area contributed by atoms with Crippen molar-refractivity contribution in [3.05, 3.63) is 12.4 Å². The first-order valence-corrected chi connectivity index (χ1v) is 9.44. The van der Waals surface area contributed by atoms with Crippen LogP contribution in [-0.2, 0) is 21.8 Å². The minimum atomic E-state index is -3.49. The van der Waals surface area contributed by atoms with E-state index in [0.717, 1.165) is 19.3 Å². The highest BCUT2D eigenvalue weighted by atomic mass is 32.2. The maximum Gasteiger partial charge on any atom is 0.246 e. The number of aryl methyl sites for hydroxylation is 1. The van der Waals surface area contributed by atoms with Gasteiger partial charge in [0, 0.05) is 38.4 Å². The second kappa shape index (κ2) is 5.62. The monoisotopic (exact) mass is 327 g/mol. The van der Waals surface area contributed by atoms with Crippen molar-refractivity contribution in [2.24, 2.45) is 12.5 Å². The first kappa shape index (κ1) is 16.0. The van der Waals surface area contributed by atoms with Crippen molar-refractivity contribution in [3.63, 3.8) is 0 Å². The van der Waals surface area contributed by atoms with Crippen LogP contribution in [0.15, 0.2) is 17.3 Å². The molecule has 0 saturated heterocycles. The lowest BCUT2D eigenvalue weighted by atomic mass is 9.60. The highest BCUT2D eigenvalue weighted by Gasteiger charge is 2.59. The fourth-order valence-corrected chi connectivity index (χ4v) is 5.66. The van der Waals surface area contributed by atoms with E-state index in [-0.39, 0.29) is 22.5 Å². The Kier molecular flexibility index (Phi) is 4.07. The smallest absolute Gasteiger partial charge is 0.246 e. The van der Waals surface area contributed by atoms with E-state index < -0.39 is 10.0 Å². The predicted octanol–water partition coefficient (Wildman–Crippen LogP) is 1.78. The molecule has 2 saturated carbocycles. The van der Waals surface area contributed by atoms with Gasteiger partial charge in [0.05, 0.1) is 12.3 Å². The summed E-state index contributed by atoms with van der Waals surface area (Å²) in [6.45, 7) is 2.70. The van der Waals surface area contributed by atoms with Crippen LogP contribution in [0.2, 0.25) is 0 Å². The minimum absolute atomic E-state index is 0.0139. The predicted molar refractivity (Wildman–Crippen MR) is 82.9 cm³/mol. The van der Waals surface area contributed by atoms with Gasteiger partial charge in [0.25, 0.3) is 0 Å². The van der Waals surface area contributed by atoms with Crippen LogP contribution in [0.1, 0.15) is 39.0 Å². The van der Waals surface area contributed by atoms with Crippen LogP contribution in [0, 0.1) is 5.41 Å². The lowest BCUT2D eigenvalue weighted by Crippen LogP contribution is -2.63. The second-order valence-corrected chi connectivity index (χ2v) is 8.50. The van der Waals surface area contributed by atoms with Gasteiger partial charge in [-0.1, -0.05) is 12.8 Å². The van der Waals surface area contributed by atoms with E-state index in [1.165, 1.54) is 23.7 Å². The van der Waals surface area contributed by atoms with Crippen LogP contribution in [-0.4, -0.2) is 48.3 Å². The fraction of sp³-hybridized carbons (Fsp3) is 0.800. The van der Waals surface area contributed by atoms with Gasteiger partial charge >= 0.3 is 0 Å². The number of hydrogen-bond acceptors (Lipinski definition) is 4. The van der Waals surface area contributed by atoms with Gasteiger partial charge in [-0.3, -0.25) is 4.68 Å². The third-order valence-electron chi connectivity index (χ3n) is 5.44. The first-order valence-electron chi connectivity index (χ1n) is 8.00. The lowest BCUT2D eigenvalue weighted by molar-refractivity contribution is -0.145. The molecule has 2 fully saturated rings. The van der Waals surface area contributed by atoms with Crippen molar-refractivity contribution < 1.29 is 13.2 Å². The van der Waals surface area contributed by atoms with Crippen molar-refractivity contribution in [1.29, 1.82) is 0 Å². The molecule has 0 unspecified atom stereocenters. The molecule has 6 nitrogen and oxygen atoms in total. The molecule has 0 aromatic carbocycles. The topological polar surface area (TPSA) is 64.4 Å². The van der Waals surface area contributed by atoms with E-state index in [1.54, 1.807) is 24.6 Å². The minimum Gasteiger partial charge on any atom is -0.378 e. The highest BCUT2D eigenvalue weighted by molar-refractivity contribution is 7.89. The molecule has 1 aromatic rings. The molecule has 1 aromatic heterocycles. The van der Waals surface area contributed by atoms with Crippen LogP contribution in [0.3, 0.4) is 0 Å². The SMILES string of the molecule is CCO[C@H]1C[C@H](N(C)S(=O)(=O)c2cnn(C)c2)C12CCCC2. The molecule has 0 radical (unpaired) electrons. The average Bonchev–Trinajstić information content (AvgIpc) is 3.12. The fourth-order valence-electron chi connectivity index (χ4n) is 4.23. The molecule has 0 amide bonds. The third kappa shape index (κ3) is 2.30. The van der Waals surface area contributed by atoms with E-state index in [4.69, 9.17) is 4.74 Å². The first-order chi connectivity index (χ1) is 10.4. The normalized spacial score (nSPS) is 27.5. The van der Waals surface area contributed by atoms with Crippen molar-refractivity contribution in [3.8, 4) is 0 Å². The molecule has 1 spiro atoms. The van der Waals surface area contributed by atoms with E-state index in [9.17, 15) is 8.42 Å². The van der Waals surface area contributed by atoms with Crippen LogP contribution in [0.5, 0.6) is 0 Å². The Morgan fingerprint density at radius 2 is 2.14 bits per heavy atom. The van der Waals surface area contributed by atoms with Gasteiger partial charge in [0.2, 0.25) is 10.0 Å². The molecule has 22 heavy (non-hydrogen) atoms. The molecular weight excluding hydrogens is 302 g/mol. The summed E-state index contributed by atoms with van der Waals surface area (Å²) in [7, 11) is -0.0539. The van der Waals surface area contributed by atoms with Crippen LogP contribution < -0.4 is 0 Å². The number of nitrogens with zero attached hydrogens (tertiary/aromatic N) is 3. The van der Waals surface area contributed by atoms with E-state index >= 15 is 0 Å². The molecule has 0 aliphatic heterocycles. The van der Waals surface area contributed by atoms with Gasteiger partial charge in [0.1, 0.15) is 4.90 Å². The maximum absolute atomic E-state index is 12.8. The van der Waals surface area contributed by atoms with Crippen LogP contribution in [0.25, 0.3) is 0 Å². The lowest BCUT2D eigenvalue weighted by Gasteiger charge is -2.56. The Hall–Kier alpha value is -0.920. The molecule has 2 atom stereocenters. The maximum atomic E-state index is 12.8. The Morgan fingerprint density at radius 3 is 2.68 bits per heavy atom. The van der Waals surface area contributed by atoms with Crippen molar-refractivity contribution in [2.45, 2.75) is 56.1 Å². The number of aromatic nitrogens is 2. The summed E-state index contributed by atoms with van der Waals surface area (Å²) in [5.41, 5.74) is 0.0139. The summed E-state index contributed by atoms with van der Waals surface area (Å²) in [5, 5.41) is 3.99. The molecule has 0 N–H and O–H groups in total. The molecule has 2 aliphatic rings. The summed E-state index contributed by atoms with van der Waals surface area (Å²) in [6, 6.07) is 0.0387. The summed E-state index contributed by atoms with van der Waals surface area (Å²) >= 11 is 0. The molecule has 0 bridgehead atoms. The van der Waals surface area contributed by atoms with Gasteiger partial charge in [-0.2, -0.15) is 9.40 Å². The summed E-state index contributed by atoms with van der Waals surface area (Å²) < 4.78 is 34.6. The zero-order valence-corrected chi connectivity index (χ0v) is 14.3. The highest BCUT2D eigenvalue weighted by Crippen LogP contribution is 2.57. The van der Waals surface area contributed by atoms with Gasteiger partial charge in [-0.15, -0.1) is 0 Å². The van der Waals surface area contributed by atoms with Gasteiger partial charge in [0.15, 0.2) is 0 Å². The third-order valence-corrected chi connectivity index (χ3v) is 7.26. The van der Waals surface area contributed by atoms with E-state index in [1.807, 2.05) is 6.92 Å². The Labute approximate surface area is 132 Å². The summed E-state index contributed by atoms with van der Waals surface area (Å²) in [6.07, 6.45) is 8.45. The number of ether oxygens (including phenoxy) is 1. The van der Waals surface area contributed by atoms with Crippen molar-refractivity contribution in [1.82, 2.24) is 14.1 Å². The second-order valence-electron chi connectivity index (χ2n) is 6.51. The molecule has 3 rings (SSSR count). The Bertz CT molecular complexity index is 634. The zero-order chi connectivity index (χ0) is 16.0. The Balaban J connectivity index is 1.84. The molecular formula is C15H25N3O3S. The van der Waals surface area contributed by atoms with Crippen LogP contribution >= 0.6 is 0 Å². The number of hydrogen-bond donors (Lipinski definition) is 0. The van der Waals surface area contributed by atoms with Gasteiger partial charge < -0.3 is 4.74 Å². The average molecular weight is 327 g/mol. The standard InChI is InChI=1S/C15H25N3O3S/c1-4-21-14-9-13(15(14)7-5-6-8-15)18(3)22(19,20)12-10-16-17(2)11-12/h10-11,13-14H,4-9H2,1-3H3/t13-,14-/m0/s1. The number of sulfonamides is 1. The molecule has 1 heterocycles. The van der Waals surface area contributed by atoms with Crippen molar-refractivity contribution >= 4 is 10.0 Å². The number of rotatable bonds is 5.